The van der Waals surface area contributed by atoms with Gasteiger partial charge < -0.3 is 4.74 Å². The zero-order chi connectivity index (χ0) is 12.4. The molecule has 0 spiro atoms. The summed E-state index contributed by atoms with van der Waals surface area (Å²) in [5, 5.41) is 0.719. The summed E-state index contributed by atoms with van der Waals surface area (Å²) in [5.41, 5.74) is 2.15. The summed E-state index contributed by atoms with van der Waals surface area (Å²) in [7, 11) is 0. The van der Waals surface area contributed by atoms with Crippen LogP contribution in [0, 0.1) is 0 Å². The topological polar surface area (TPSA) is 21.6 Å². The Morgan fingerprint density at radius 1 is 1.00 bits per heavy atom. The summed E-state index contributed by atoms with van der Waals surface area (Å²) in [6, 6.07) is 17.8. The quantitative estimate of drug-likeness (QED) is 0.801. The predicted octanol–water partition coefficient (Wildman–Crippen LogP) is 3.86. The molecular weight excluding hydrogens is 246 g/mol. The summed E-state index contributed by atoms with van der Waals surface area (Å²) >= 11 is 5.86. The Balaban J connectivity index is 1.86. The van der Waals surface area contributed by atoms with Gasteiger partial charge in [-0.25, -0.2) is 4.99 Å². The molecule has 0 aromatic heterocycles. The van der Waals surface area contributed by atoms with Crippen molar-refractivity contribution in [2.24, 2.45) is 4.99 Å². The Hall–Kier alpha value is -1.80. The second-order valence-corrected chi connectivity index (χ2v) is 4.62. The molecule has 0 amide bonds. The minimum atomic E-state index is 0.0943. The van der Waals surface area contributed by atoms with Gasteiger partial charge in [-0.3, -0.25) is 0 Å². The molecule has 2 aromatic carbocycles. The van der Waals surface area contributed by atoms with E-state index < -0.39 is 0 Å². The van der Waals surface area contributed by atoms with Gasteiger partial charge in [-0.15, -0.1) is 0 Å². The molecule has 0 radical (unpaired) electrons. The molecule has 1 aliphatic rings. The minimum Gasteiger partial charge on any atom is -0.475 e. The highest BCUT2D eigenvalue weighted by atomic mass is 35.5. The van der Waals surface area contributed by atoms with Crippen LogP contribution in [0.4, 0.5) is 0 Å². The molecule has 2 nitrogen and oxygen atoms in total. The first kappa shape index (κ1) is 11.3. The van der Waals surface area contributed by atoms with E-state index in [1.165, 1.54) is 5.56 Å². The van der Waals surface area contributed by atoms with Crippen LogP contribution in [0.15, 0.2) is 59.6 Å². The molecule has 2 aromatic rings. The lowest BCUT2D eigenvalue weighted by atomic mass is 10.1. The lowest BCUT2D eigenvalue weighted by Gasteiger charge is -2.03. The van der Waals surface area contributed by atoms with Crippen LogP contribution >= 0.6 is 11.6 Å². The fraction of sp³-hybridized carbons (Fsp3) is 0.133. The summed E-state index contributed by atoms with van der Waals surface area (Å²) in [6.45, 7) is 0.599. The Bertz CT molecular complexity index is 563. The number of benzene rings is 2. The molecule has 3 rings (SSSR count). The van der Waals surface area contributed by atoms with Crippen LogP contribution in [-0.2, 0) is 4.74 Å². The molecule has 3 heteroatoms. The van der Waals surface area contributed by atoms with Crippen molar-refractivity contribution in [1.29, 1.82) is 0 Å². The normalized spacial score (nSPS) is 18.3. The summed E-state index contributed by atoms with van der Waals surface area (Å²) in [5.74, 6) is 0.695. The molecule has 0 bridgehead atoms. The molecule has 1 atom stereocenters. The maximum absolute atomic E-state index is 5.86. The van der Waals surface area contributed by atoms with Crippen LogP contribution < -0.4 is 0 Å². The Labute approximate surface area is 111 Å². The Kier molecular flexibility index (Phi) is 3.03. The first-order valence-electron chi connectivity index (χ1n) is 5.84. The monoisotopic (exact) mass is 257 g/mol. The summed E-state index contributed by atoms with van der Waals surface area (Å²) < 4.78 is 5.65. The maximum atomic E-state index is 5.86. The lowest BCUT2D eigenvalue weighted by molar-refractivity contribution is 0.320. The van der Waals surface area contributed by atoms with Gasteiger partial charge in [-0.1, -0.05) is 41.9 Å². The molecule has 1 aliphatic heterocycles. The number of aliphatic imine (C=N–C) groups is 1. The lowest BCUT2D eigenvalue weighted by Crippen LogP contribution is -2.00. The Morgan fingerprint density at radius 2 is 1.72 bits per heavy atom. The van der Waals surface area contributed by atoms with E-state index in [2.05, 4.69) is 17.1 Å². The number of nitrogens with zero attached hydrogens (tertiary/aromatic N) is 1. The molecule has 0 fully saturated rings. The third kappa shape index (κ3) is 2.24. The average Bonchev–Trinajstić information content (AvgIpc) is 2.90. The van der Waals surface area contributed by atoms with E-state index in [0.29, 0.717) is 12.5 Å². The van der Waals surface area contributed by atoms with Crippen molar-refractivity contribution in [3.05, 3.63) is 70.7 Å². The fourth-order valence-corrected chi connectivity index (χ4v) is 2.10. The number of hydrogen-bond acceptors (Lipinski definition) is 2. The van der Waals surface area contributed by atoms with Gasteiger partial charge in [0.25, 0.3) is 0 Å². The highest BCUT2D eigenvalue weighted by Gasteiger charge is 2.21. The minimum absolute atomic E-state index is 0.0943. The van der Waals surface area contributed by atoms with E-state index in [9.17, 15) is 0 Å². The predicted molar refractivity (Wildman–Crippen MR) is 73.1 cm³/mol. The molecule has 18 heavy (non-hydrogen) atoms. The zero-order valence-electron chi connectivity index (χ0n) is 9.71. The largest absolute Gasteiger partial charge is 0.475 e. The highest BCUT2D eigenvalue weighted by Crippen LogP contribution is 2.25. The van der Waals surface area contributed by atoms with E-state index in [1.54, 1.807) is 0 Å². The molecule has 0 N–H and O–H groups in total. The van der Waals surface area contributed by atoms with Gasteiger partial charge in [0.1, 0.15) is 12.6 Å². The van der Waals surface area contributed by atoms with E-state index in [-0.39, 0.29) is 6.04 Å². The van der Waals surface area contributed by atoms with Gasteiger partial charge in [0.2, 0.25) is 5.90 Å². The van der Waals surface area contributed by atoms with Crippen LogP contribution in [0.2, 0.25) is 5.02 Å². The number of halogens is 1. The van der Waals surface area contributed by atoms with Gasteiger partial charge in [0.15, 0.2) is 0 Å². The van der Waals surface area contributed by atoms with Crippen LogP contribution in [-0.4, -0.2) is 12.5 Å². The number of ether oxygens (including phenoxy) is 1. The van der Waals surface area contributed by atoms with Crippen LogP contribution in [0.5, 0.6) is 0 Å². The number of hydrogen-bond donors (Lipinski definition) is 0. The third-order valence-electron chi connectivity index (χ3n) is 2.93. The molecule has 0 saturated heterocycles. The average molecular weight is 258 g/mol. The van der Waals surface area contributed by atoms with Crippen molar-refractivity contribution in [2.45, 2.75) is 6.04 Å². The van der Waals surface area contributed by atoms with E-state index in [4.69, 9.17) is 16.3 Å². The second kappa shape index (κ2) is 4.83. The van der Waals surface area contributed by atoms with E-state index in [0.717, 1.165) is 10.6 Å². The van der Waals surface area contributed by atoms with E-state index >= 15 is 0 Å². The first-order valence-corrected chi connectivity index (χ1v) is 6.22. The first-order chi connectivity index (χ1) is 8.83. The summed E-state index contributed by atoms with van der Waals surface area (Å²) in [6.07, 6.45) is 0. The van der Waals surface area contributed by atoms with E-state index in [1.807, 2.05) is 42.5 Å². The fourth-order valence-electron chi connectivity index (χ4n) is 1.97. The van der Waals surface area contributed by atoms with Crippen molar-refractivity contribution < 1.29 is 4.74 Å². The van der Waals surface area contributed by atoms with Crippen LogP contribution in [0.1, 0.15) is 17.2 Å². The molecule has 0 unspecified atom stereocenters. The van der Waals surface area contributed by atoms with Crippen molar-refractivity contribution in [1.82, 2.24) is 0 Å². The highest BCUT2D eigenvalue weighted by molar-refractivity contribution is 6.30. The van der Waals surface area contributed by atoms with Gasteiger partial charge in [0, 0.05) is 10.6 Å². The van der Waals surface area contributed by atoms with Gasteiger partial charge in [-0.05, 0) is 29.8 Å². The third-order valence-corrected chi connectivity index (χ3v) is 3.18. The van der Waals surface area contributed by atoms with Crippen molar-refractivity contribution in [3.8, 4) is 0 Å². The van der Waals surface area contributed by atoms with Gasteiger partial charge >= 0.3 is 0 Å². The zero-order valence-corrected chi connectivity index (χ0v) is 10.5. The molecule has 0 saturated carbocycles. The summed E-state index contributed by atoms with van der Waals surface area (Å²) in [4.78, 5) is 4.61. The van der Waals surface area contributed by atoms with Crippen molar-refractivity contribution >= 4 is 17.5 Å². The molecule has 0 aliphatic carbocycles. The number of rotatable bonds is 2. The SMILES string of the molecule is Clc1ccc(C2=N[C@@H](c3ccccc3)CO2)cc1. The maximum Gasteiger partial charge on any atom is 0.216 e. The van der Waals surface area contributed by atoms with Crippen LogP contribution in [0.3, 0.4) is 0 Å². The smallest absolute Gasteiger partial charge is 0.216 e. The molecule has 1 heterocycles. The van der Waals surface area contributed by atoms with Gasteiger partial charge in [0.05, 0.1) is 0 Å². The standard InChI is InChI=1S/C15H12ClNO/c16-13-8-6-12(7-9-13)15-17-14(10-18-15)11-4-2-1-3-5-11/h1-9,14H,10H2/t14-/m1/s1. The second-order valence-electron chi connectivity index (χ2n) is 4.18. The van der Waals surface area contributed by atoms with Crippen molar-refractivity contribution in [3.63, 3.8) is 0 Å². The Morgan fingerprint density at radius 3 is 2.44 bits per heavy atom. The molecule has 90 valence electrons. The molecular formula is C15H12ClNO. The van der Waals surface area contributed by atoms with Gasteiger partial charge in [-0.2, -0.15) is 0 Å². The van der Waals surface area contributed by atoms with Crippen molar-refractivity contribution in [2.75, 3.05) is 6.61 Å². The van der Waals surface area contributed by atoms with Crippen LogP contribution in [0.25, 0.3) is 0 Å².